The Kier molecular flexibility index (Phi) is 1.93. The Morgan fingerprint density at radius 2 is 2.29 bits per heavy atom. The first-order valence-electron chi connectivity index (χ1n) is 4.67. The molecule has 1 aromatic rings. The summed E-state index contributed by atoms with van der Waals surface area (Å²) < 4.78 is 19.3. The van der Waals surface area contributed by atoms with Crippen LogP contribution in [-0.4, -0.2) is 0 Å². The van der Waals surface area contributed by atoms with Gasteiger partial charge >= 0.3 is 0 Å². The van der Waals surface area contributed by atoms with Gasteiger partial charge in [-0.25, -0.2) is 4.39 Å². The van der Waals surface area contributed by atoms with E-state index in [1.54, 1.807) is 6.07 Å². The molecule has 3 rings (SSSR count). The summed E-state index contributed by atoms with van der Waals surface area (Å²) in [4.78, 5) is 0. The summed E-state index contributed by atoms with van der Waals surface area (Å²) >= 11 is 0. The van der Waals surface area contributed by atoms with E-state index in [4.69, 9.17) is 4.74 Å². The monoisotopic (exact) mass is 194 g/mol. The molecule has 2 bridgehead atoms. The first-order valence-corrected chi connectivity index (χ1v) is 4.67. The van der Waals surface area contributed by atoms with E-state index in [0.29, 0.717) is 0 Å². The molecular weight excluding hydrogens is 179 g/mol. The molecule has 0 N–H and O–H groups in total. The average molecular weight is 194 g/mol. The Morgan fingerprint density at radius 1 is 1.50 bits per heavy atom. The topological polar surface area (TPSA) is 9.23 Å². The minimum Gasteiger partial charge on any atom is -0.363 e. The fraction of sp³-hybridized carbons (Fsp3) is 0.500. The van der Waals surface area contributed by atoms with Crippen molar-refractivity contribution < 1.29 is 9.13 Å². The first-order chi connectivity index (χ1) is 6.21. The number of hydrogen-bond acceptors (Lipinski definition) is 1. The lowest BCUT2D eigenvalue weighted by Gasteiger charge is -2.21. The summed E-state index contributed by atoms with van der Waals surface area (Å²) in [5.74, 6) is -0.109. The van der Waals surface area contributed by atoms with Crippen LogP contribution in [0.5, 0.6) is 0 Å². The van der Waals surface area contributed by atoms with Crippen LogP contribution in [0.25, 0.3) is 0 Å². The Balaban J connectivity index is 0.000000750. The maximum Gasteiger partial charge on any atom is 0.129 e. The molecule has 14 heavy (non-hydrogen) atoms. The lowest BCUT2D eigenvalue weighted by Crippen LogP contribution is -2.18. The molecule has 1 aromatic carbocycles. The number of ether oxygens (including phenoxy) is 1. The number of rotatable bonds is 0. The van der Waals surface area contributed by atoms with Crippen LogP contribution in [-0.2, 0) is 10.3 Å². The molecule has 1 saturated heterocycles. The summed E-state index contributed by atoms with van der Waals surface area (Å²) in [6.07, 6.45) is 2.13. The summed E-state index contributed by atoms with van der Waals surface area (Å²) in [5, 5.41) is 0. The smallest absolute Gasteiger partial charge is 0.129 e. The van der Waals surface area contributed by atoms with Gasteiger partial charge < -0.3 is 4.74 Å². The van der Waals surface area contributed by atoms with E-state index in [1.807, 2.05) is 13.0 Å². The highest BCUT2D eigenvalue weighted by atomic mass is 19.1. The predicted octanol–water partition coefficient (Wildman–Crippen LogP) is 3.54. The van der Waals surface area contributed by atoms with Crippen LogP contribution in [0.1, 0.15) is 44.4 Å². The molecule has 0 aromatic heterocycles. The SMILES string of the molecule is C.CC12CCC(O1)c1cccc(F)c12. The van der Waals surface area contributed by atoms with E-state index >= 15 is 0 Å². The van der Waals surface area contributed by atoms with Crippen molar-refractivity contribution in [2.24, 2.45) is 0 Å². The molecule has 0 amide bonds. The minimum absolute atomic E-state index is 0. The van der Waals surface area contributed by atoms with Crippen LogP contribution < -0.4 is 0 Å². The van der Waals surface area contributed by atoms with E-state index in [9.17, 15) is 4.39 Å². The predicted molar refractivity (Wildman–Crippen MR) is 53.5 cm³/mol. The van der Waals surface area contributed by atoms with Crippen molar-refractivity contribution in [1.82, 2.24) is 0 Å². The normalized spacial score (nSPS) is 32.6. The minimum atomic E-state index is -0.342. The van der Waals surface area contributed by atoms with E-state index in [-0.39, 0.29) is 24.9 Å². The molecule has 2 heterocycles. The zero-order valence-corrected chi connectivity index (χ0v) is 7.51. The molecule has 2 atom stereocenters. The van der Waals surface area contributed by atoms with Crippen LogP contribution in [0.15, 0.2) is 18.2 Å². The van der Waals surface area contributed by atoms with Crippen molar-refractivity contribution in [3.8, 4) is 0 Å². The fourth-order valence-corrected chi connectivity index (χ4v) is 2.61. The molecule has 1 nitrogen and oxygen atoms in total. The number of fused-ring (bicyclic) bond motifs is 5. The van der Waals surface area contributed by atoms with Crippen LogP contribution in [0.3, 0.4) is 0 Å². The van der Waals surface area contributed by atoms with Gasteiger partial charge in [-0.15, -0.1) is 0 Å². The van der Waals surface area contributed by atoms with Gasteiger partial charge in [-0.3, -0.25) is 0 Å². The number of halogens is 1. The van der Waals surface area contributed by atoms with Crippen molar-refractivity contribution in [3.05, 3.63) is 35.1 Å². The Hall–Kier alpha value is -0.890. The third-order valence-electron chi connectivity index (χ3n) is 3.21. The van der Waals surface area contributed by atoms with Gasteiger partial charge in [0.2, 0.25) is 0 Å². The molecule has 2 unspecified atom stereocenters. The van der Waals surface area contributed by atoms with Gasteiger partial charge in [0.15, 0.2) is 0 Å². The maximum absolute atomic E-state index is 13.5. The van der Waals surface area contributed by atoms with Crippen molar-refractivity contribution in [1.29, 1.82) is 0 Å². The van der Waals surface area contributed by atoms with Crippen LogP contribution in [0.2, 0.25) is 0 Å². The highest BCUT2D eigenvalue weighted by Crippen LogP contribution is 2.54. The molecule has 0 aliphatic carbocycles. The highest BCUT2D eigenvalue weighted by molar-refractivity contribution is 5.41. The van der Waals surface area contributed by atoms with Crippen LogP contribution >= 0.6 is 0 Å². The summed E-state index contributed by atoms with van der Waals surface area (Å²) in [7, 11) is 0. The zero-order chi connectivity index (χ0) is 9.05. The van der Waals surface area contributed by atoms with Crippen molar-refractivity contribution in [2.45, 2.75) is 38.9 Å². The molecule has 2 aliphatic heterocycles. The Morgan fingerprint density at radius 3 is 3.00 bits per heavy atom. The van der Waals surface area contributed by atoms with Gasteiger partial charge in [-0.2, -0.15) is 0 Å². The van der Waals surface area contributed by atoms with E-state index in [0.717, 1.165) is 24.0 Å². The van der Waals surface area contributed by atoms with E-state index in [2.05, 4.69) is 0 Å². The Bertz CT molecular complexity index is 375. The van der Waals surface area contributed by atoms with Gasteiger partial charge in [0.1, 0.15) is 5.82 Å². The second-order valence-electron chi connectivity index (χ2n) is 4.08. The molecule has 0 spiro atoms. The fourth-order valence-electron chi connectivity index (χ4n) is 2.61. The molecule has 0 saturated carbocycles. The summed E-state index contributed by atoms with van der Waals surface area (Å²) in [6.45, 7) is 1.99. The van der Waals surface area contributed by atoms with Gasteiger partial charge in [-0.05, 0) is 31.4 Å². The van der Waals surface area contributed by atoms with Gasteiger partial charge in [0.05, 0.1) is 11.7 Å². The van der Waals surface area contributed by atoms with Crippen LogP contribution in [0.4, 0.5) is 4.39 Å². The summed E-state index contributed by atoms with van der Waals surface area (Å²) in [5.41, 5.74) is 1.52. The number of benzene rings is 1. The zero-order valence-electron chi connectivity index (χ0n) is 7.51. The molecule has 2 aliphatic rings. The number of hydrogen-bond donors (Lipinski definition) is 0. The average Bonchev–Trinajstić information content (AvgIpc) is 2.59. The third kappa shape index (κ3) is 0.976. The van der Waals surface area contributed by atoms with Gasteiger partial charge in [0.25, 0.3) is 0 Å². The molecule has 2 heteroatoms. The molecule has 0 radical (unpaired) electrons. The molecular formula is C12H15FO. The van der Waals surface area contributed by atoms with Crippen molar-refractivity contribution >= 4 is 0 Å². The summed E-state index contributed by atoms with van der Waals surface area (Å²) in [6, 6.07) is 5.27. The van der Waals surface area contributed by atoms with E-state index < -0.39 is 0 Å². The molecule has 1 fully saturated rings. The van der Waals surface area contributed by atoms with Gasteiger partial charge in [0, 0.05) is 5.56 Å². The lowest BCUT2D eigenvalue weighted by molar-refractivity contribution is -0.00850. The second-order valence-corrected chi connectivity index (χ2v) is 4.08. The standard InChI is InChI=1S/C11H11FO.CH4/c1-11-6-5-9(13-11)7-3-2-4-8(12)10(7)11;/h2-4,9H,5-6H2,1H3;1H4. The maximum atomic E-state index is 13.5. The first kappa shape index (κ1) is 9.66. The van der Waals surface area contributed by atoms with Crippen LogP contribution in [0, 0.1) is 5.82 Å². The van der Waals surface area contributed by atoms with Gasteiger partial charge in [-0.1, -0.05) is 19.6 Å². The highest BCUT2D eigenvalue weighted by Gasteiger charge is 2.48. The molecule has 76 valence electrons. The largest absolute Gasteiger partial charge is 0.363 e. The quantitative estimate of drug-likeness (QED) is 0.613. The van der Waals surface area contributed by atoms with Crippen molar-refractivity contribution in [2.75, 3.05) is 0 Å². The van der Waals surface area contributed by atoms with Crippen molar-refractivity contribution in [3.63, 3.8) is 0 Å². The lowest BCUT2D eigenvalue weighted by atomic mass is 9.83. The van der Waals surface area contributed by atoms with E-state index in [1.165, 1.54) is 6.07 Å². The Labute approximate surface area is 83.9 Å². The second kappa shape index (κ2) is 2.80. The third-order valence-corrected chi connectivity index (χ3v) is 3.21.